The van der Waals surface area contributed by atoms with Crippen molar-refractivity contribution in [3.63, 3.8) is 0 Å². The van der Waals surface area contributed by atoms with E-state index in [9.17, 15) is 0 Å². The van der Waals surface area contributed by atoms with Gasteiger partial charge < -0.3 is 14.7 Å². The molecule has 3 aliphatic heterocycles. The largest absolute Gasteiger partial charge is 0.312 e. The number of hydrogen-bond donors (Lipinski definition) is 0. The maximum atomic E-state index is 2.48. The summed E-state index contributed by atoms with van der Waals surface area (Å²) >= 11 is 0. The number of aryl methyl sites for hydroxylation is 2. The first kappa shape index (κ1) is 36.3. The predicted molar refractivity (Wildman–Crippen MR) is 255 cm³/mol. The number of anilines is 9. The van der Waals surface area contributed by atoms with Gasteiger partial charge in [-0.3, -0.25) is 0 Å². The summed E-state index contributed by atoms with van der Waals surface area (Å²) in [5.41, 5.74) is 22.7. The van der Waals surface area contributed by atoms with E-state index in [1.807, 2.05) is 0 Å². The summed E-state index contributed by atoms with van der Waals surface area (Å²) in [4.78, 5) is 7.38. The second-order valence-electron chi connectivity index (χ2n) is 17.9. The van der Waals surface area contributed by atoms with Crippen molar-refractivity contribution in [2.24, 2.45) is 0 Å². The van der Waals surface area contributed by atoms with Gasteiger partial charge >= 0.3 is 0 Å². The summed E-state index contributed by atoms with van der Waals surface area (Å²) in [6, 6.07) is 67.7. The third kappa shape index (κ3) is 5.23. The van der Waals surface area contributed by atoms with Crippen LogP contribution in [0.4, 0.5) is 51.2 Å². The Morgan fingerprint density at radius 2 is 0.617 bits per heavy atom. The van der Waals surface area contributed by atoms with E-state index in [1.54, 1.807) is 0 Å². The first-order chi connectivity index (χ1) is 29.1. The van der Waals surface area contributed by atoms with Crippen LogP contribution in [0.15, 0.2) is 182 Å². The molecule has 60 heavy (non-hydrogen) atoms. The van der Waals surface area contributed by atoms with Gasteiger partial charge in [-0.05, 0) is 120 Å². The molecule has 4 heteroatoms. The average molecular weight is 774 g/mol. The summed E-state index contributed by atoms with van der Waals surface area (Å²) in [5, 5.41) is 0. The molecule has 3 nitrogen and oxygen atoms in total. The van der Waals surface area contributed by atoms with E-state index < -0.39 is 0 Å². The van der Waals surface area contributed by atoms with Crippen molar-refractivity contribution in [3.8, 4) is 0 Å². The van der Waals surface area contributed by atoms with Crippen LogP contribution in [0.2, 0.25) is 0 Å². The van der Waals surface area contributed by atoms with E-state index in [1.165, 1.54) is 89.6 Å². The zero-order valence-corrected chi connectivity index (χ0v) is 35.2. The molecule has 0 amide bonds. The van der Waals surface area contributed by atoms with E-state index in [0.29, 0.717) is 0 Å². The van der Waals surface area contributed by atoms with E-state index in [-0.39, 0.29) is 17.5 Å². The number of fused-ring (bicyclic) bond motifs is 6. The van der Waals surface area contributed by atoms with Crippen LogP contribution in [0, 0.1) is 13.8 Å². The van der Waals surface area contributed by atoms with E-state index in [0.717, 1.165) is 11.4 Å². The van der Waals surface area contributed by atoms with E-state index >= 15 is 0 Å². The van der Waals surface area contributed by atoms with Gasteiger partial charge in [0.25, 0.3) is 0 Å². The Hall–Kier alpha value is -6.78. The highest BCUT2D eigenvalue weighted by Gasteiger charge is 2.40. The van der Waals surface area contributed by atoms with Gasteiger partial charge in [0.1, 0.15) is 0 Å². The van der Waals surface area contributed by atoms with Crippen LogP contribution in [0.1, 0.15) is 61.1 Å². The molecule has 3 heterocycles. The fourth-order valence-corrected chi connectivity index (χ4v) is 10.9. The molecule has 0 atom stereocenters. The minimum Gasteiger partial charge on any atom is -0.312 e. The number of nitrogens with zero attached hydrogens (tertiary/aromatic N) is 3. The SMILES string of the molecule is Cc1cc(N2c3ccccc3C(C)(C)c3ccccc32)cc(C)c1B1c2ccccc2N(c2ccc(N3c4ccccc4C(C)(C)c4ccccc43)cc2)c2ccccc21. The zero-order chi connectivity index (χ0) is 40.9. The molecule has 0 saturated carbocycles. The van der Waals surface area contributed by atoms with Crippen molar-refractivity contribution in [1.82, 2.24) is 0 Å². The third-order valence-electron chi connectivity index (χ3n) is 13.7. The Morgan fingerprint density at radius 3 is 0.983 bits per heavy atom. The Balaban J connectivity index is 1.01. The van der Waals surface area contributed by atoms with Gasteiger partial charge in [-0.15, -0.1) is 0 Å². The first-order valence-electron chi connectivity index (χ1n) is 21.3. The van der Waals surface area contributed by atoms with Gasteiger partial charge in [-0.25, -0.2) is 0 Å². The normalized spacial score (nSPS) is 15.3. The summed E-state index contributed by atoms with van der Waals surface area (Å²) in [6.07, 6.45) is 0. The lowest BCUT2D eigenvalue weighted by molar-refractivity contribution is 0.631. The van der Waals surface area contributed by atoms with Crippen LogP contribution < -0.4 is 31.1 Å². The second-order valence-corrected chi connectivity index (χ2v) is 17.9. The minimum absolute atomic E-state index is 0.0755. The highest BCUT2D eigenvalue weighted by atomic mass is 15.2. The molecule has 8 aromatic rings. The molecule has 11 rings (SSSR count). The molecule has 0 fully saturated rings. The van der Waals surface area contributed by atoms with Gasteiger partial charge in [0, 0.05) is 39.3 Å². The van der Waals surface area contributed by atoms with Crippen molar-refractivity contribution in [1.29, 1.82) is 0 Å². The van der Waals surface area contributed by atoms with Crippen LogP contribution >= 0.6 is 0 Å². The Morgan fingerprint density at radius 1 is 0.333 bits per heavy atom. The number of rotatable bonds is 4. The quantitative estimate of drug-likeness (QED) is 0.165. The smallest absolute Gasteiger partial charge is 0.247 e. The highest BCUT2D eigenvalue weighted by molar-refractivity contribution is 6.98. The minimum atomic E-state index is -0.100. The fourth-order valence-electron chi connectivity index (χ4n) is 10.9. The van der Waals surface area contributed by atoms with Gasteiger partial charge in [-0.1, -0.05) is 153 Å². The lowest BCUT2D eigenvalue weighted by atomic mass is 9.34. The lowest BCUT2D eigenvalue weighted by Crippen LogP contribution is -2.58. The Kier molecular flexibility index (Phi) is 8.09. The Bertz CT molecular complexity index is 2830. The molecule has 0 radical (unpaired) electrons. The number of para-hydroxylation sites is 6. The number of benzene rings is 8. The first-order valence-corrected chi connectivity index (χ1v) is 21.3. The zero-order valence-electron chi connectivity index (χ0n) is 35.2. The van der Waals surface area contributed by atoms with Gasteiger partial charge in [0.05, 0.1) is 22.7 Å². The molecule has 8 aromatic carbocycles. The third-order valence-corrected chi connectivity index (χ3v) is 13.7. The molecule has 290 valence electrons. The lowest BCUT2D eigenvalue weighted by Gasteiger charge is -2.42. The van der Waals surface area contributed by atoms with Crippen LogP contribution in [0.25, 0.3) is 0 Å². The number of hydrogen-bond acceptors (Lipinski definition) is 3. The standard InChI is InChI=1S/C56H48BN3/c1-37-35-41(60-50-27-15-9-21-44(50)56(5,6)45-22-10-16-28-51(45)60)36-38(2)54(37)57-46-23-11-17-29-52(46)59(53-30-18-12-24-47(53)57)40-33-31-39(32-34-40)58-48-25-13-7-19-42(48)55(3,4)43-20-8-14-26-49(43)58/h7-36H,1-6H3. The molecule has 0 N–H and O–H groups in total. The monoisotopic (exact) mass is 773 g/mol. The molecule has 0 spiro atoms. The fraction of sp³-hybridized carbons (Fsp3) is 0.143. The Labute approximate surface area is 355 Å². The molecule has 0 aromatic heterocycles. The van der Waals surface area contributed by atoms with Crippen LogP contribution in [0.3, 0.4) is 0 Å². The molecule has 0 aliphatic carbocycles. The summed E-state index contributed by atoms with van der Waals surface area (Å²) in [7, 11) is 0. The summed E-state index contributed by atoms with van der Waals surface area (Å²) < 4.78 is 0. The van der Waals surface area contributed by atoms with Crippen LogP contribution in [-0.2, 0) is 10.8 Å². The molecule has 0 saturated heterocycles. The van der Waals surface area contributed by atoms with Crippen molar-refractivity contribution < 1.29 is 0 Å². The van der Waals surface area contributed by atoms with E-state index in [4.69, 9.17) is 0 Å². The molecule has 3 aliphatic rings. The van der Waals surface area contributed by atoms with Gasteiger partial charge in [-0.2, -0.15) is 0 Å². The van der Waals surface area contributed by atoms with Crippen molar-refractivity contribution in [3.05, 3.63) is 215 Å². The summed E-state index contributed by atoms with van der Waals surface area (Å²) in [5.74, 6) is 0. The molecular weight excluding hydrogens is 725 g/mol. The maximum Gasteiger partial charge on any atom is 0.247 e. The van der Waals surface area contributed by atoms with Crippen LogP contribution in [-0.4, -0.2) is 6.71 Å². The summed E-state index contributed by atoms with van der Waals surface area (Å²) in [6.45, 7) is 14.1. The van der Waals surface area contributed by atoms with Gasteiger partial charge in [0.2, 0.25) is 6.71 Å². The predicted octanol–water partition coefficient (Wildman–Crippen LogP) is 12.8. The highest BCUT2D eigenvalue weighted by Crippen LogP contribution is 2.53. The average Bonchev–Trinajstić information content (AvgIpc) is 3.27. The molecule has 0 bridgehead atoms. The topological polar surface area (TPSA) is 9.72 Å². The maximum absolute atomic E-state index is 2.48. The van der Waals surface area contributed by atoms with E-state index in [2.05, 4.69) is 238 Å². The second kappa shape index (κ2) is 13.4. The van der Waals surface area contributed by atoms with Gasteiger partial charge in [0.15, 0.2) is 0 Å². The van der Waals surface area contributed by atoms with Crippen molar-refractivity contribution in [2.75, 3.05) is 14.7 Å². The molecular formula is C56H48BN3. The van der Waals surface area contributed by atoms with Crippen molar-refractivity contribution in [2.45, 2.75) is 52.4 Å². The van der Waals surface area contributed by atoms with Crippen molar-refractivity contribution >= 4 is 74.3 Å². The molecule has 0 unspecified atom stereocenters. The van der Waals surface area contributed by atoms with Crippen LogP contribution in [0.5, 0.6) is 0 Å².